The Hall–Kier alpha value is -2.08. The number of likely N-dealkylation sites (tertiary alicyclic amines) is 1. The molecule has 24 heavy (non-hydrogen) atoms. The number of benzene rings is 1. The fourth-order valence-corrected chi connectivity index (χ4v) is 2.97. The summed E-state index contributed by atoms with van der Waals surface area (Å²) in [5, 5.41) is 9.05. The van der Waals surface area contributed by atoms with Crippen LogP contribution in [0.4, 0.5) is 4.79 Å². The molecule has 1 atom stereocenters. The molecule has 0 saturated carbocycles. The summed E-state index contributed by atoms with van der Waals surface area (Å²) in [7, 11) is 0. The number of hydrogen-bond acceptors (Lipinski definition) is 4. The van der Waals surface area contributed by atoms with Crippen LogP contribution in [0.3, 0.4) is 0 Å². The van der Waals surface area contributed by atoms with Crippen LogP contribution in [-0.2, 0) is 16.1 Å². The summed E-state index contributed by atoms with van der Waals surface area (Å²) in [6.07, 6.45) is 1.48. The highest BCUT2D eigenvalue weighted by molar-refractivity contribution is 5.69. The Morgan fingerprint density at radius 2 is 2.04 bits per heavy atom. The molecule has 1 fully saturated rings. The summed E-state index contributed by atoms with van der Waals surface area (Å²) in [6.45, 7) is 5.40. The van der Waals surface area contributed by atoms with E-state index in [4.69, 9.17) is 9.84 Å². The molecule has 1 aromatic rings. The van der Waals surface area contributed by atoms with Crippen molar-refractivity contribution in [2.75, 3.05) is 19.6 Å². The van der Waals surface area contributed by atoms with Crippen molar-refractivity contribution >= 4 is 12.1 Å². The van der Waals surface area contributed by atoms with E-state index in [0.29, 0.717) is 13.1 Å². The van der Waals surface area contributed by atoms with Gasteiger partial charge in [-0.25, -0.2) is 4.79 Å². The molecule has 1 heterocycles. The molecular formula is C18H26N2O4. The van der Waals surface area contributed by atoms with Crippen molar-refractivity contribution < 1.29 is 19.4 Å². The van der Waals surface area contributed by atoms with E-state index in [1.54, 1.807) is 4.90 Å². The van der Waals surface area contributed by atoms with E-state index in [9.17, 15) is 9.59 Å². The van der Waals surface area contributed by atoms with Crippen molar-refractivity contribution in [3.8, 4) is 0 Å². The zero-order valence-electron chi connectivity index (χ0n) is 14.4. The Balaban J connectivity index is 1.91. The minimum Gasteiger partial charge on any atom is -0.480 e. The molecule has 1 aromatic carbocycles. The molecule has 2 rings (SSSR count). The average Bonchev–Trinajstić information content (AvgIpc) is 3.01. The quantitative estimate of drug-likeness (QED) is 0.830. The van der Waals surface area contributed by atoms with Gasteiger partial charge in [0.25, 0.3) is 0 Å². The van der Waals surface area contributed by atoms with E-state index < -0.39 is 5.97 Å². The summed E-state index contributed by atoms with van der Waals surface area (Å²) in [5.41, 5.74) is 0.955. The highest BCUT2D eigenvalue weighted by Crippen LogP contribution is 2.20. The molecule has 1 aliphatic heterocycles. The zero-order chi connectivity index (χ0) is 17.5. The summed E-state index contributed by atoms with van der Waals surface area (Å²) < 4.78 is 5.42. The number of carboxylic acid groups (broad SMARTS) is 1. The van der Waals surface area contributed by atoms with Crippen LogP contribution < -0.4 is 0 Å². The van der Waals surface area contributed by atoms with Gasteiger partial charge in [-0.15, -0.1) is 0 Å². The van der Waals surface area contributed by atoms with E-state index in [1.807, 2.05) is 49.1 Å². The summed E-state index contributed by atoms with van der Waals surface area (Å²) in [5.74, 6) is -0.847. The maximum absolute atomic E-state index is 12.4. The van der Waals surface area contributed by atoms with Gasteiger partial charge < -0.3 is 14.7 Å². The van der Waals surface area contributed by atoms with Gasteiger partial charge in [0.1, 0.15) is 6.61 Å². The molecule has 0 unspecified atom stereocenters. The Kier molecular flexibility index (Phi) is 6.61. The van der Waals surface area contributed by atoms with Crippen LogP contribution in [0.15, 0.2) is 30.3 Å². The van der Waals surface area contributed by atoms with E-state index >= 15 is 0 Å². The third-order valence-corrected chi connectivity index (χ3v) is 4.33. The van der Waals surface area contributed by atoms with Crippen molar-refractivity contribution in [2.24, 2.45) is 0 Å². The molecule has 0 spiro atoms. The number of amides is 1. The molecule has 1 N–H and O–H groups in total. The van der Waals surface area contributed by atoms with Crippen molar-refractivity contribution in [1.82, 2.24) is 9.80 Å². The maximum Gasteiger partial charge on any atom is 0.410 e. The van der Waals surface area contributed by atoms with Gasteiger partial charge in [-0.2, -0.15) is 0 Å². The Labute approximate surface area is 143 Å². The topological polar surface area (TPSA) is 70.1 Å². The molecule has 6 nitrogen and oxygen atoms in total. The monoisotopic (exact) mass is 334 g/mol. The Morgan fingerprint density at radius 1 is 1.33 bits per heavy atom. The van der Waals surface area contributed by atoms with Crippen molar-refractivity contribution in [2.45, 2.75) is 45.4 Å². The van der Waals surface area contributed by atoms with Crippen LogP contribution in [0.1, 0.15) is 32.3 Å². The van der Waals surface area contributed by atoms with Gasteiger partial charge in [-0.1, -0.05) is 30.3 Å². The molecule has 0 aliphatic carbocycles. The van der Waals surface area contributed by atoms with Crippen LogP contribution in [0.2, 0.25) is 0 Å². The molecule has 1 amide bonds. The summed E-state index contributed by atoms with van der Waals surface area (Å²) in [4.78, 5) is 27.0. The number of ether oxygens (including phenoxy) is 1. The van der Waals surface area contributed by atoms with Crippen LogP contribution in [0, 0.1) is 0 Å². The highest BCUT2D eigenvalue weighted by Gasteiger charge is 2.32. The van der Waals surface area contributed by atoms with E-state index in [2.05, 4.69) is 0 Å². The number of carbonyl (C=O) groups excluding carboxylic acids is 1. The van der Waals surface area contributed by atoms with Gasteiger partial charge in [0.15, 0.2) is 0 Å². The Morgan fingerprint density at radius 3 is 2.67 bits per heavy atom. The third-order valence-electron chi connectivity index (χ3n) is 4.33. The second-order valence-corrected chi connectivity index (χ2v) is 6.45. The van der Waals surface area contributed by atoms with Crippen LogP contribution in [0.25, 0.3) is 0 Å². The van der Waals surface area contributed by atoms with Crippen molar-refractivity contribution in [3.63, 3.8) is 0 Å². The van der Waals surface area contributed by atoms with Gasteiger partial charge in [0.2, 0.25) is 0 Å². The van der Waals surface area contributed by atoms with Crippen molar-refractivity contribution in [1.29, 1.82) is 0 Å². The molecule has 1 aliphatic rings. The van der Waals surface area contributed by atoms with Crippen molar-refractivity contribution in [3.05, 3.63) is 35.9 Å². The van der Waals surface area contributed by atoms with Gasteiger partial charge in [0, 0.05) is 25.2 Å². The first-order valence-corrected chi connectivity index (χ1v) is 8.40. The van der Waals surface area contributed by atoms with Gasteiger partial charge in [0.05, 0.1) is 6.54 Å². The number of carbonyl (C=O) groups is 2. The molecular weight excluding hydrogens is 308 g/mol. The van der Waals surface area contributed by atoms with Gasteiger partial charge in [-0.05, 0) is 32.3 Å². The first-order valence-electron chi connectivity index (χ1n) is 8.40. The van der Waals surface area contributed by atoms with E-state index in [1.165, 1.54) is 0 Å². The predicted octanol–water partition coefficient (Wildman–Crippen LogP) is 2.58. The molecule has 6 heteroatoms. The normalized spacial score (nSPS) is 17.5. The highest BCUT2D eigenvalue weighted by atomic mass is 16.6. The number of hydrogen-bond donors (Lipinski definition) is 1. The smallest absolute Gasteiger partial charge is 0.410 e. The average molecular weight is 334 g/mol. The summed E-state index contributed by atoms with van der Waals surface area (Å²) >= 11 is 0. The lowest BCUT2D eigenvalue weighted by Crippen LogP contribution is -2.47. The second kappa shape index (κ2) is 8.68. The lowest BCUT2D eigenvalue weighted by molar-refractivity contribution is -0.138. The second-order valence-electron chi connectivity index (χ2n) is 6.45. The minimum atomic E-state index is -0.847. The predicted molar refractivity (Wildman–Crippen MR) is 90.7 cm³/mol. The number of rotatable bonds is 7. The van der Waals surface area contributed by atoms with Crippen LogP contribution in [0.5, 0.6) is 0 Å². The Bertz CT molecular complexity index is 547. The lowest BCUT2D eigenvalue weighted by atomic mass is 10.2. The largest absolute Gasteiger partial charge is 0.480 e. The fourth-order valence-electron chi connectivity index (χ4n) is 2.97. The third kappa shape index (κ3) is 5.23. The van der Waals surface area contributed by atoms with Gasteiger partial charge >= 0.3 is 12.1 Å². The number of nitrogens with zero attached hydrogens (tertiary/aromatic N) is 2. The van der Waals surface area contributed by atoms with E-state index in [-0.39, 0.29) is 31.3 Å². The molecule has 1 saturated heterocycles. The first-order chi connectivity index (χ1) is 11.5. The molecule has 0 bridgehead atoms. The zero-order valence-corrected chi connectivity index (χ0v) is 14.4. The van der Waals surface area contributed by atoms with Crippen LogP contribution >= 0.6 is 0 Å². The number of carboxylic acids is 1. The van der Waals surface area contributed by atoms with Crippen LogP contribution in [-0.4, -0.2) is 58.7 Å². The molecule has 0 radical (unpaired) electrons. The van der Waals surface area contributed by atoms with E-state index in [0.717, 1.165) is 18.4 Å². The van der Waals surface area contributed by atoms with Gasteiger partial charge in [-0.3, -0.25) is 9.69 Å². The SMILES string of the molecule is CC(C)N(CC(=O)O)C[C@@H]1CCCN1C(=O)OCc1ccccc1. The first kappa shape index (κ1) is 18.3. The lowest BCUT2D eigenvalue weighted by Gasteiger charge is -2.31. The molecule has 132 valence electrons. The fraction of sp³-hybridized carbons (Fsp3) is 0.556. The minimum absolute atomic E-state index is 0.00928. The number of aliphatic carboxylic acids is 1. The maximum atomic E-state index is 12.4. The standard InChI is InChI=1S/C18H26N2O4/c1-14(2)19(12-17(21)22)11-16-9-6-10-20(16)18(23)24-13-15-7-4-3-5-8-15/h3-5,7-8,14,16H,6,9-13H2,1-2H3,(H,21,22)/t16-/m0/s1. The molecule has 0 aromatic heterocycles. The summed E-state index contributed by atoms with van der Waals surface area (Å²) in [6, 6.07) is 9.70.